The standard InChI is InChI=1S/C8H13BrO3/c1-3-7(9)5-12-8(11)4-6(2)10/h7H,3-5H2,1-2H3. The number of hydrogen-bond donors (Lipinski definition) is 0. The quantitative estimate of drug-likeness (QED) is 0.415. The Balaban J connectivity index is 3.50. The van der Waals surface area contributed by atoms with Gasteiger partial charge in [0.05, 0.1) is 0 Å². The molecule has 0 aliphatic heterocycles. The van der Waals surface area contributed by atoms with E-state index in [0.29, 0.717) is 6.61 Å². The fraction of sp³-hybridized carbons (Fsp3) is 0.750. The van der Waals surface area contributed by atoms with Crippen molar-refractivity contribution in [3.63, 3.8) is 0 Å². The largest absolute Gasteiger partial charge is 0.464 e. The zero-order chi connectivity index (χ0) is 9.56. The summed E-state index contributed by atoms with van der Waals surface area (Å²) >= 11 is 3.31. The number of alkyl halides is 1. The number of esters is 1. The minimum Gasteiger partial charge on any atom is -0.464 e. The molecule has 0 aromatic rings. The predicted octanol–water partition coefficient (Wildman–Crippen LogP) is 1.68. The molecule has 0 saturated heterocycles. The molecule has 0 saturated carbocycles. The van der Waals surface area contributed by atoms with Gasteiger partial charge in [0.25, 0.3) is 0 Å². The lowest BCUT2D eigenvalue weighted by Gasteiger charge is -2.06. The molecule has 0 heterocycles. The van der Waals surface area contributed by atoms with Crippen LogP contribution in [0, 0.1) is 0 Å². The highest BCUT2D eigenvalue weighted by molar-refractivity contribution is 9.09. The van der Waals surface area contributed by atoms with Gasteiger partial charge in [-0.25, -0.2) is 0 Å². The Morgan fingerprint density at radius 3 is 2.50 bits per heavy atom. The van der Waals surface area contributed by atoms with Crippen LogP contribution < -0.4 is 0 Å². The first kappa shape index (κ1) is 11.6. The Kier molecular flexibility index (Phi) is 5.98. The second-order valence-corrected chi connectivity index (χ2v) is 3.86. The number of ketones is 1. The number of carbonyl (C=O) groups is 2. The van der Waals surface area contributed by atoms with E-state index in [4.69, 9.17) is 4.74 Å². The first-order chi connectivity index (χ1) is 5.56. The van der Waals surface area contributed by atoms with Gasteiger partial charge in [-0.2, -0.15) is 0 Å². The molecule has 0 aliphatic carbocycles. The van der Waals surface area contributed by atoms with E-state index in [0.717, 1.165) is 6.42 Å². The molecule has 0 radical (unpaired) electrons. The molecule has 0 amide bonds. The van der Waals surface area contributed by atoms with Crippen LogP contribution in [0.1, 0.15) is 26.7 Å². The number of ether oxygens (including phenoxy) is 1. The number of rotatable bonds is 5. The molecule has 1 unspecified atom stereocenters. The van der Waals surface area contributed by atoms with E-state index in [-0.39, 0.29) is 17.0 Å². The van der Waals surface area contributed by atoms with Gasteiger partial charge < -0.3 is 4.74 Å². The van der Waals surface area contributed by atoms with Crippen molar-refractivity contribution in [3.05, 3.63) is 0 Å². The van der Waals surface area contributed by atoms with Crippen LogP contribution in [0.2, 0.25) is 0 Å². The Bertz CT molecular complexity index is 168. The van der Waals surface area contributed by atoms with Gasteiger partial charge in [-0.3, -0.25) is 9.59 Å². The topological polar surface area (TPSA) is 43.4 Å². The van der Waals surface area contributed by atoms with Gasteiger partial charge in [-0.05, 0) is 13.3 Å². The molecule has 0 aromatic heterocycles. The fourth-order valence-corrected chi connectivity index (χ4v) is 0.688. The van der Waals surface area contributed by atoms with Crippen molar-refractivity contribution in [2.24, 2.45) is 0 Å². The van der Waals surface area contributed by atoms with E-state index in [1.165, 1.54) is 6.92 Å². The molecule has 0 bridgehead atoms. The number of Topliss-reactive ketones (excluding diaryl/α,β-unsaturated/α-hetero) is 1. The molecule has 0 spiro atoms. The zero-order valence-corrected chi connectivity index (χ0v) is 8.89. The summed E-state index contributed by atoms with van der Waals surface area (Å²) in [5.74, 6) is -0.608. The third-order valence-corrected chi connectivity index (χ3v) is 2.17. The van der Waals surface area contributed by atoms with Crippen molar-refractivity contribution in [1.82, 2.24) is 0 Å². The summed E-state index contributed by atoms with van der Waals surface area (Å²) in [5.41, 5.74) is 0. The van der Waals surface area contributed by atoms with Crippen LogP contribution >= 0.6 is 15.9 Å². The average Bonchev–Trinajstić information content (AvgIpc) is 1.99. The van der Waals surface area contributed by atoms with Crippen LogP contribution in [0.15, 0.2) is 0 Å². The van der Waals surface area contributed by atoms with Crippen LogP contribution in [0.25, 0.3) is 0 Å². The van der Waals surface area contributed by atoms with Crippen LogP contribution in [0.5, 0.6) is 0 Å². The van der Waals surface area contributed by atoms with Gasteiger partial charge in [0, 0.05) is 4.83 Å². The van der Waals surface area contributed by atoms with Crippen LogP contribution in [-0.4, -0.2) is 23.2 Å². The molecular weight excluding hydrogens is 224 g/mol. The Morgan fingerprint density at radius 2 is 2.08 bits per heavy atom. The first-order valence-electron chi connectivity index (χ1n) is 3.85. The molecule has 12 heavy (non-hydrogen) atoms. The van der Waals surface area contributed by atoms with E-state index >= 15 is 0 Å². The van der Waals surface area contributed by atoms with Gasteiger partial charge >= 0.3 is 5.97 Å². The van der Waals surface area contributed by atoms with Crippen LogP contribution in [-0.2, 0) is 14.3 Å². The highest BCUT2D eigenvalue weighted by atomic mass is 79.9. The summed E-state index contributed by atoms with van der Waals surface area (Å²) in [5, 5.41) is 0. The van der Waals surface area contributed by atoms with Gasteiger partial charge in [-0.15, -0.1) is 0 Å². The molecule has 0 fully saturated rings. The number of carbonyl (C=O) groups excluding carboxylic acids is 2. The number of hydrogen-bond acceptors (Lipinski definition) is 3. The van der Waals surface area contributed by atoms with Crippen molar-refractivity contribution in [2.45, 2.75) is 31.5 Å². The minimum atomic E-state index is -0.444. The maximum absolute atomic E-state index is 10.8. The molecule has 4 heteroatoms. The summed E-state index contributed by atoms with van der Waals surface area (Å²) in [6, 6.07) is 0. The number of halogens is 1. The summed E-state index contributed by atoms with van der Waals surface area (Å²) in [7, 11) is 0. The molecule has 0 N–H and O–H groups in total. The maximum atomic E-state index is 10.8. The second kappa shape index (κ2) is 6.17. The smallest absolute Gasteiger partial charge is 0.313 e. The van der Waals surface area contributed by atoms with E-state index < -0.39 is 5.97 Å². The van der Waals surface area contributed by atoms with Gasteiger partial charge in [0.1, 0.15) is 18.8 Å². The monoisotopic (exact) mass is 236 g/mol. The minimum absolute atomic E-state index is 0.122. The SMILES string of the molecule is CCC(Br)COC(=O)CC(C)=O. The first-order valence-corrected chi connectivity index (χ1v) is 4.77. The average molecular weight is 237 g/mol. The van der Waals surface area contributed by atoms with E-state index in [1.54, 1.807) is 0 Å². The highest BCUT2D eigenvalue weighted by Crippen LogP contribution is 2.04. The summed E-state index contributed by atoms with van der Waals surface area (Å²) in [4.78, 5) is 21.5. The normalized spacial score (nSPS) is 12.2. The van der Waals surface area contributed by atoms with Gasteiger partial charge in [-0.1, -0.05) is 22.9 Å². The zero-order valence-electron chi connectivity index (χ0n) is 7.30. The van der Waals surface area contributed by atoms with Crippen molar-refractivity contribution < 1.29 is 14.3 Å². The van der Waals surface area contributed by atoms with Crippen LogP contribution in [0.4, 0.5) is 0 Å². The molecule has 0 aliphatic rings. The Labute approximate surface area is 80.6 Å². The molecule has 1 atom stereocenters. The Hall–Kier alpha value is -0.380. The highest BCUT2D eigenvalue weighted by Gasteiger charge is 2.08. The van der Waals surface area contributed by atoms with Gasteiger partial charge in [0.2, 0.25) is 0 Å². The fourth-order valence-electron chi connectivity index (χ4n) is 0.556. The van der Waals surface area contributed by atoms with Crippen molar-refractivity contribution in [2.75, 3.05) is 6.61 Å². The summed E-state index contributed by atoms with van der Waals surface area (Å²) in [6.45, 7) is 3.69. The molecular formula is C8H13BrO3. The third-order valence-electron chi connectivity index (χ3n) is 1.26. The second-order valence-electron chi connectivity index (χ2n) is 2.57. The van der Waals surface area contributed by atoms with E-state index in [9.17, 15) is 9.59 Å². The third kappa shape index (κ3) is 6.34. The molecule has 0 rings (SSSR count). The Morgan fingerprint density at radius 1 is 1.50 bits per heavy atom. The van der Waals surface area contributed by atoms with Crippen molar-refractivity contribution >= 4 is 27.7 Å². The van der Waals surface area contributed by atoms with Crippen LogP contribution in [0.3, 0.4) is 0 Å². The van der Waals surface area contributed by atoms with Crippen molar-refractivity contribution in [3.8, 4) is 0 Å². The molecule has 0 aromatic carbocycles. The lowest BCUT2D eigenvalue weighted by molar-refractivity contribution is -0.145. The summed E-state index contributed by atoms with van der Waals surface area (Å²) < 4.78 is 4.80. The summed E-state index contributed by atoms with van der Waals surface area (Å²) in [6.07, 6.45) is 0.775. The van der Waals surface area contributed by atoms with E-state index in [2.05, 4.69) is 15.9 Å². The maximum Gasteiger partial charge on any atom is 0.313 e. The lowest BCUT2D eigenvalue weighted by Crippen LogP contribution is -2.14. The van der Waals surface area contributed by atoms with E-state index in [1.807, 2.05) is 6.92 Å². The van der Waals surface area contributed by atoms with Crippen molar-refractivity contribution in [1.29, 1.82) is 0 Å². The molecule has 3 nitrogen and oxygen atoms in total. The molecule has 70 valence electrons. The lowest BCUT2D eigenvalue weighted by atomic mass is 10.3. The van der Waals surface area contributed by atoms with Gasteiger partial charge in [0.15, 0.2) is 0 Å². The predicted molar refractivity (Wildman–Crippen MR) is 49.3 cm³/mol.